The van der Waals surface area contributed by atoms with Crippen molar-refractivity contribution < 1.29 is 9.22 Å². The van der Waals surface area contributed by atoms with Crippen LogP contribution in [0.4, 0.5) is 0 Å². The van der Waals surface area contributed by atoms with Crippen LogP contribution in [0.1, 0.15) is 22.7 Å². The van der Waals surface area contributed by atoms with Crippen LogP contribution in [0.15, 0.2) is 30.3 Å². The van der Waals surface area contributed by atoms with Gasteiger partial charge in [0.2, 0.25) is 0 Å². The zero-order valence-corrected chi connectivity index (χ0v) is 9.16. The lowest BCUT2D eigenvalue weighted by atomic mass is 10.0. The van der Waals surface area contributed by atoms with Crippen LogP contribution in [-0.2, 0) is 0 Å². The van der Waals surface area contributed by atoms with Gasteiger partial charge in [-0.3, -0.25) is 0 Å². The molecule has 0 saturated heterocycles. The van der Waals surface area contributed by atoms with Crippen LogP contribution in [-0.4, -0.2) is 30.1 Å². The molecule has 0 radical (unpaired) electrons. The average Bonchev–Trinajstić information content (AvgIpc) is 2.26. The smallest absolute Gasteiger partial charge is 0.0942 e. The van der Waals surface area contributed by atoms with Gasteiger partial charge in [0.05, 0.1) is 6.10 Å². The highest BCUT2D eigenvalue weighted by atomic mass is 35.5. The summed E-state index contributed by atoms with van der Waals surface area (Å²) >= 11 is 0. The zero-order valence-electron chi connectivity index (χ0n) is 11.3. The molecule has 1 rings (SSSR count). The van der Waals surface area contributed by atoms with Gasteiger partial charge in [-0.05, 0) is 26.5 Å². The third-order valence-electron chi connectivity index (χ3n) is 2.21. The van der Waals surface area contributed by atoms with Gasteiger partial charge in [-0.15, -0.1) is 12.4 Å². The summed E-state index contributed by atoms with van der Waals surface area (Å²) in [6.45, 7) is -0.487. The molecular formula is C11H18ClNO. The van der Waals surface area contributed by atoms with Crippen molar-refractivity contribution in [3.05, 3.63) is 35.9 Å². The summed E-state index contributed by atoms with van der Waals surface area (Å²) < 4.78 is 21.8. The second-order valence-electron chi connectivity index (χ2n) is 3.21. The molecule has 2 atom stereocenters. The molecule has 0 unspecified atom stereocenters. The number of likely N-dealkylation sites (N-methyl/N-ethyl adjacent to an activating group) is 1. The molecule has 0 aliphatic heterocycles. The van der Waals surface area contributed by atoms with Gasteiger partial charge in [0, 0.05) is 10.2 Å². The summed E-state index contributed by atoms with van der Waals surface area (Å²) in [7, 11) is 1.49. The standard InChI is InChI=1S/C11H17NO.ClH/c1-9(12(2)3)11(13)10-7-5-4-6-8-10;/h4-9,11,13H,1-3H3;1H/t9-,11-;/m0./s1/i2D3;. The summed E-state index contributed by atoms with van der Waals surface area (Å²) in [6.07, 6.45) is -0.799. The van der Waals surface area contributed by atoms with Crippen LogP contribution < -0.4 is 0 Å². The number of hydrogen-bond acceptors (Lipinski definition) is 2. The summed E-state index contributed by atoms with van der Waals surface area (Å²) in [5, 5.41) is 10.0. The van der Waals surface area contributed by atoms with E-state index in [1.165, 1.54) is 11.9 Å². The Kier molecular flexibility index (Phi) is 3.74. The van der Waals surface area contributed by atoms with Crippen LogP contribution in [0, 0.1) is 0 Å². The Morgan fingerprint density at radius 2 is 1.93 bits per heavy atom. The van der Waals surface area contributed by atoms with Crippen molar-refractivity contribution in [3.8, 4) is 0 Å². The molecule has 0 heterocycles. The maximum atomic E-state index is 10.0. The predicted molar refractivity (Wildman–Crippen MR) is 61.8 cm³/mol. The Hall–Kier alpha value is -0.570. The number of aliphatic hydroxyl groups excluding tert-OH is 1. The Balaban J connectivity index is 0.00000256. The first kappa shape index (κ1) is 8.72. The zero-order chi connectivity index (χ0) is 12.3. The molecule has 0 bridgehead atoms. The Bertz CT molecular complexity index is 331. The highest BCUT2D eigenvalue weighted by Gasteiger charge is 2.17. The molecular weight excluding hydrogens is 198 g/mol. The largest absolute Gasteiger partial charge is 0.387 e. The summed E-state index contributed by atoms with van der Waals surface area (Å²) in [5.74, 6) is 0. The van der Waals surface area contributed by atoms with Crippen molar-refractivity contribution in [2.45, 2.75) is 19.1 Å². The van der Waals surface area contributed by atoms with Gasteiger partial charge in [0.1, 0.15) is 0 Å². The lowest BCUT2D eigenvalue weighted by molar-refractivity contribution is 0.0858. The first-order valence-electron chi connectivity index (χ1n) is 5.80. The number of nitrogens with zero attached hydrogens (tertiary/aromatic N) is 1. The maximum Gasteiger partial charge on any atom is 0.0942 e. The number of aliphatic hydroxyl groups is 1. The van der Waals surface area contributed by atoms with E-state index in [2.05, 4.69) is 0 Å². The quantitative estimate of drug-likeness (QED) is 0.840. The molecule has 1 aromatic carbocycles. The number of rotatable bonds is 3. The van der Waals surface area contributed by atoms with Gasteiger partial charge < -0.3 is 10.0 Å². The van der Waals surface area contributed by atoms with Gasteiger partial charge in [-0.2, -0.15) is 0 Å². The van der Waals surface area contributed by atoms with Crippen LogP contribution in [0.25, 0.3) is 0 Å². The molecule has 3 heteroatoms. The normalized spacial score (nSPS) is 18.7. The molecule has 14 heavy (non-hydrogen) atoms. The minimum atomic E-state index is -2.19. The van der Waals surface area contributed by atoms with E-state index in [1.807, 2.05) is 18.2 Å². The molecule has 1 N–H and O–H groups in total. The topological polar surface area (TPSA) is 23.5 Å². The van der Waals surface area contributed by atoms with E-state index in [1.54, 1.807) is 19.1 Å². The van der Waals surface area contributed by atoms with Crippen LogP contribution in [0.3, 0.4) is 0 Å². The van der Waals surface area contributed by atoms with Crippen molar-refractivity contribution in [3.63, 3.8) is 0 Å². The number of halogens is 1. The second-order valence-corrected chi connectivity index (χ2v) is 3.21. The lowest BCUT2D eigenvalue weighted by Crippen LogP contribution is -2.30. The molecule has 0 aliphatic carbocycles. The van der Waals surface area contributed by atoms with Crippen molar-refractivity contribution in [1.29, 1.82) is 0 Å². The molecule has 0 aromatic heterocycles. The second kappa shape index (κ2) is 6.02. The van der Waals surface area contributed by atoms with Gasteiger partial charge >= 0.3 is 0 Å². The molecule has 0 spiro atoms. The van der Waals surface area contributed by atoms with Crippen LogP contribution in [0.5, 0.6) is 0 Å². The SMILES string of the molecule is Cl.[2H]C([2H])([2H])N(C)[C@@H](C)[C@H](O)c1ccccc1. The van der Waals surface area contributed by atoms with E-state index >= 15 is 0 Å². The Morgan fingerprint density at radius 1 is 1.36 bits per heavy atom. The van der Waals surface area contributed by atoms with Crippen LogP contribution >= 0.6 is 12.4 Å². The summed E-state index contributed by atoms with van der Waals surface area (Å²) in [6, 6.07) is 8.61. The Morgan fingerprint density at radius 3 is 2.43 bits per heavy atom. The minimum absolute atomic E-state index is 0. The fourth-order valence-electron chi connectivity index (χ4n) is 1.14. The van der Waals surface area contributed by atoms with Gasteiger partial charge in [-0.25, -0.2) is 0 Å². The van der Waals surface area contributed by atoms with E-state index in [4.69, 9.17) is 4.11 Å². The highest BCUT2D eigenvalue weighted by molar-refractivity contribution is 5.85. The molecule has 0 aliphatic rings. The van der Waals surface area contributed by atoms with Gasteiger partial charge in [-0.1, -0.05) is 30.3 Å². The first-order valence-corrected chi connectivity index (χ1v) is 4.30. The fourth-order valence-corrected chi connectivity index (χ4v) is 1.14. The predicted octanol–water partition coefficient (Wildman–Crippen LogP) is 2.09. The van der Waals surface area contributed by atoms with E-state index in [0.29, 0.717) is 0 Å². The number of benzene rings is 1. The van der Waals surface area contributed by atoms with Crippen LogP contribution in [0.2, 0.25) is 0 Å². The van der Waals surface area contributed by atoms with E-state index in [-0.39, 0.29) is 12.4 Å². The number of hydrogen-bond donors (Lipinski definition) is 1. The highest BCUT2D eigenvalue weighted by Crippen LogP contribution is 2.18. The minimum Gasteiger partial charge on any atom is -0.387 e. The van der Waals surface area contributed by atoms with E-state index in [0.717, 1.165) is 5.56 Å². The molecule has 0 amide bonds. The van der Waals surface area contributed by atoms with Crippen molar-refractivity contribution in [1.82, 2.24) is 4.90 Å². The summed E-state index contributed by atoms with van der Waals surface area (Å²) in [4.78, 5) is 1.20. The van der Waals surface area contributed by atoms with E-state index in [9.17, 15) is 5.11 Å². The lowest BCUT2D eigenvalue weighted by Gasteiger charge is -2.25. The molecule has 0 fully saturated rings. The summed E-state index contributed by atoms with van der Waals surface area (Å²) in [5.41, 5.74) is 0.728. The third-order valence-corrected chi connectivity index (χ3v) is 2.21. The first-order chi connectivity index (χ1) is 7.34. The van der Waals surface area contributed by atoms with Gasteiger partial charge in [0.15, 0.2) is 0 Å². The third kappa shape index (κ3) is 3.29. The monoisotopic (exact) mass is 218 g/mol. The molecule has 2 nitrogen and oxygen atoms in total. The van der Waals surface area contributed by atoms with Crippen molar-refractivity contribution in [2.75, 3.05) is 14.0 Å². The Labute approximate surface area is 96.2 Å². The maximum absolute atomic E-state index is 10.0. The molecule has 0 saturated carbocycles. The van der Waals surface area contributed by atoms with E-state index < -0.39 is 19.1 Å². The van der Waals surface area contributed by atoms with Crippen molar-refractivity contribution in [2.24, 2.45) is 0 Å². The fraction of sp³-hybridized carbons (Fsp3) is 0.455. The molecule has 1 aromatic rings. The van der Waals surface area contributed by atoms with Gasteiger partial charge in [0.25, 0.3) is 0 Å². The average molecular weight is 219 g/mol. The van der Waals surface area contributed by atoms with Crippen molar-refractivity contribution >= 4 is 12.4 Å². The molecule has 80 valence electrons.